The molecule has 29 heavy (non-hydrogen) atoms. The van der Waals surface area contributed by atoms with Gasteiger partial charge in [-0.25, -0.2) is 0 Å². The van der Waals surface area contributed by atoms with E-state index < -0.39 is 0 Å². The number of halogens is 1. The van der Waals surface area contributed by atoms with E-state index in [0.29, 0.717) is 0 Å². The summed E-state index contributed by atoms with van der Waals surface area (Å²) >= 11 is 6.74. The first kappa shape index (κ1) is 23.9. The first-order chi connectivity index (χ1) is 13.0. The Balaban J connectivity index is 2.18. The molecule has 0 atom stereocenters. The number of benzene rings is 1. The van der Waals surface area contributed by atoms with Crippen LogP contribution in [0.25, 0.3) is 0 Å². The monoisotopic (exact) mass is 413 g/mol. The smallest absolute Gasteiger partial charge is 0.0457 e. The molecular weight excluding hydrogens is 374 g/mol. The molecule has 0 bridgehead atoms. The molecule has 0 aliphatic rings. The minimum atomic E-state index is 0.0174. The van der Waals surface area contributed by atoms with Gasteiger partial charge in [0.15, 0.2) is 0 Å². The fraction of sp³-hybridized carbons (Fsp3) is 0.593. The highest BCUT2D eigenvalue weighted by Crippen LogP contribution is 2.40. The zero-order chi connectivity index (χ0) is 22.3. The molecule has 160 valence electrons. The van der Waals surface area contributed by atoms with Crippen LogP contribution in [0.5, 0.6) is 0 Å². The first-order valence-corrected chi connectivity index (χ1v) is 11.2. The third-order valence-electron chi connectivity index (χ3n) is 6.25. The van der Waals surface area contributed by atoms with Crippen LogP contribution in [-0.2, 0) is 21.7 Å². The van der Waals surface area contributed by atoms with Crippen LogP contribution in [0.4, 0.5) is 0 Å². The topological polar surface area (TPSA) is 12.9 Å². The third-order valence-corrected chi connectivity index (χ3v) is 6.57. The predicted molar refractivity (Wildman–Crippen MR) is 128 cm³/mol. The molecular formula is C27H40ClN. The van der Waals surface area contributed by atoms with E-state index in [2.05, 4.69) is 106 Å². The second kappa shape index (κ2) is 8.06. The quantitative estimate of drug-likeness (QED) is 0.479. The molecule has 1 aromatic carbocycles. The van der Waals surface area contributed by atoms with Crippen molar-refractivity contribution in [3.8, 4) is 0 Å². The largest absolute Gasteiger partial charge is 0.260 e. The van der Waals surface area contributed by atoms with E-state index in [-0.39, 0.29) is 21.7 Å². The maximum absolute atomic E-state index is 6.74. The van der Waals surface area contributed by atoms with Crippen LogP contribution in [0, 0.1) is 0 Å². The van der Waals surface area contributed by atoms with E-state index >= 15 is 0 Å². The Morgan fingerprint density at radius 3 is 1.69 bits per heavy atom. The van der Waals surface area contributed by atoms with E-state index in [1.807, 2.05) is 0 Å². The molecule has 1 nitrogen and oxygen atoms in total. The summed E-state index contributed by atoms with van der Waals surface area (Å²) in [6.07, 6.45) is 4.21. The van der Waals surface area contributed by atoms with E-state index in [1.165, 1.54) is 16.7 Å². The lowest BCUT2D eigenvalue weighted by Crippen LogP contribution is -2.25. The van der Waals surface area contributed by atoms with Crippen molar-refractivity contribution in [1.82, 2.24) is 4.98 Å². The maximum Gasteiger partial charge on any atom is 0.0457 e. The molecule has 0 fully saturated rings. The normalized spacial score (nSPS) is 13.6. The second-order valence-corrected chi connectivity index (χ2v) is 12.3. The van der Waals surface area contributed by atoms with Crippen molar-refractivity contribution in [2.24, 2.45) is 0 Å². The molecule has 1 aromatic heterocycles. The molecule has 2 rings (SSSR count). The van der Waals surface area contributed by atoms with Crippen molar-refractivity contribution in [2.45, 2.75) is 104 Å². The van der Waals surface area contributed by atoms with Gasteiger partial charge in [-0.3, -0.25) is 4.98 Å². The van der Waals surface area contributed by atoms with Gasteiger partial charge in [-0.2, -0.15) is 0 Å². The van der Waals surface area contributed by atoms with Crippen LogP contribution in [-0.4, -0.2) is 4.98 Å². The molecule has 2 aromatic rings. The van der Waals surface area contributed by atoms with Gasteiger partial charge >= 0.3 is 0 Å². The Labute approximate surface area is 184 Å². The van der Waals surface area contributed by atoms with Gasteiger partial charge in [0.1, 0.15) is 0 Å². The van der Waals surface area contributed by atoms with Gasteiger partial charge in [-0.1, -0.05) is 99.0 Å². The molecule has 0 aliphatic heterocycles. The van der Waals surface area contributed by atoms with Crippen LogP contribution in [0.15, 0.2) is 36.5 Å². The van der Waals surface area contributed by atoms with Gasteiger partial charge < -0.3 is 0 Å². The van der Waals surface area contributed by atoms with Crippen molar-refractivity contribution in [3.05, 3.63) is 63.9 Å². The molecule has 1 heterocycles. The summed E-state index contributed by atoms with van der Waals surface area (Å²) in [5.41, 5.74) is 5.25. The molecule has 0 radical (unpaired) electrons. The van der Waals surface area contributed by atoms with Crippen molar-refractivity contribution in [3.63, 3.8) is 0 Å². The summed E-state index contributed by atoms with van der Waals surface area (Å²) in [5.74, 6) is 0. The second-order valence-electron chi connectivity index (χ2n) is 11.9. The molecule has 0 spiro atoms. The minimum Gasteiger partial charge on any atom is -0.260 e. The highest BCUT2D eigenvalue weighted by molar-refractivity contribution is 6.31. The Hall–Kier alpha value is -1.34. The number of hydrogen-bond donors (Lipinski definition) is 0. The Bertz CT molecular complexity index is 830. The van der Waals surface area contributed by atoms with Crippen molar-refractivity contribution >= 4 is 11.6 Å². The maximum atomic E-state index is 6.74. The first-order valence-electron chi connectivity index (χ1n) is 10.8. The van der Waals surface area contributed by atoms with E-state index in [4.69, 9.17) is 16.6 Å². The summed E-state index contributed by atoms with van der Waals surface area (Å²) in [4.78, 5) is 4.74. The van der Waals surface area contributed by atoms with Crippen molar-refractivity contribution in [1.29, 1.82) is 0 Å². The number of hydrogen-bond acceptors (Lipinski definition) is 1. The average Bonchev–Trinajstić information content (AvgIpc) is 2.58. The third kappa shape index (κ3) is 5.85. The number of nitrogens with zero attached hydrogens (tertiary/aromatic N) is 1. The van der Waals surface area contributed by atoms with Crippen LogP contribution >= 0.6 is 11.6 Å². The standard InChI is InChI=1S/C27H40ClN/c1-24(2,3)19-11-13-21(22(28)17-19)27(9,10)16-15-26(7,8)20-12-14-23(29-18-20)25(4,5)6/h11-14,17-18H,15-16H2,1-10H3. The van der Waals surface area contributed by atoms with Gasteiger partial charge in [0.25, 0.3) is 0 Å². The minimum absolute atomic E-state index is 0.0174. The van der Waals surface area contributed by atoms with Crippen molar-refractivity contribution < 1.29 is 0 Å². The molecule has 0 amide bonds. The summed E-state index contributed by atoms with van der Waals surface area (Å²) in [6, 6.07) is 11.1. The van der Waals surface area contributed by atoms with Gasteiger partial charge in [-0.15, -0.1) is 0 Å². The summed E-state index contributed by atoms with van der Waals surface area (Å²) in [6.45, 7) is 22.6. The molecule has 2 heteroatoms. The Kier molecular flexibility index (Phi) is 6.65. The Morgan fingerprint density at radius 1 is 0.690 bits per heavy atom. The number of aromatic nitrogens is 1. The SMILES string of the molecule is CC(C)(C)c1ccc(C(C)(C)CCC(C)(C)c2ccc(C(C)(C)C)nc2)c(Cl)c1. The highest BCUT2D eigenvalue weighted by Gasteiger charge is 2.29. The zero-order valence-corrected chi connectivity index (χ0v) is 21.0. The molecule has 0 saturated carbocycles. The lowest BCUT2D eigenvalue weighted by Gasteiger charge is -2.33. The summed E-state index contributed by atoms with van der Waals surface area (Å²) in [5, 5.41) is 0.886. The van der Waals surface area contributed by atoms with Gasteiger partial charge in [0.2, 0.25) is 0 Å². The zero-order valence-electron chi connectivity index (χ0n) is 20.2. The van der Waals surface area contributed by atoms with Gasteiger partial charge in [-0.05, 0) is 57.9 Å². The lowest BCUT2D eigenvalue weighted by molar-refractivity contribution is 0.374. The van der Waals surface area contributed by atoms with Crippen LogP contribution < -0.4 is 0 Å². The van der Waals surface area contributed by atoms with Gasteiger partial charge in [0, 0.05) is 22.3 Å². The predicted octanol–water partition coefficient (Wildman–Crippen LogP) is 8.37. The van der Waals surface area contributed by atoms with E-state index in [0.717, 1.165) is 23.6 Å². The van der Waals surface area contributed by atoms with E-state index in [9.17, 15) is 0 Å². The molecule has 0 N–H and O–H groups in total. The Morgan fingerprint density at radius 2 is 1.24 bits per heavy atom. The fourth-order valence-corrected chi connectivity index (χ4v) is 4.11. The fourth-order valence-electron chi connectivity index (χ4n) is 3.67. The average molecular weight is 414 g/mol. The van der Waals surface area contributed by atoms with Gasteiger partial charge in [0.05, 0.1) is 0 Å². The van der Waals surface area contributed by atoms with Crippen LogP contribution in [0.2, 0.25) is 5.02 Å². The summed E-state index contributed by atoms with van der Waals surface area (Å²) in [7, 11) is 0. The molecule has 0 aliphatic carbocycles. The van der Waals surface area contributed by atoms with E-state index in [1.54, 1.807) is 0 Å². The molecule has 0 saturated heterocycles. The van der Waals surface area contributed by atoms with Crippen LogP contribution in [0.3, 0.4) is 0 Å². The summed E-state index contributed by atoms with van der Waals surface area (Å²) < 4.78 is 0. The van der Waals surface area contributed by atoms with Crippen molar-refractivity contribution in [2.75, 3.05) is 0 Å². The molecule has 0 unspecified atom stereocenters. The number of rotatable bonds is 5. The van der Waals surface area contributed by atoms with Crippen LogP contribution in [0.1, 0.15) is 104 Å². The number of pyridine rings is 1. The highest BCUT2D eigenvalue weighted by atomic mass is 35.5. The lowest BCUT2D eigenvalue weighted by atomic mass is 9.72.